The molecular formula is C28H24F5N3O3. The lowest BCUT2D eigenvalue weighted by Gasteiger charge is -2.24. The highest BCUT2D eigenvalue weighted by Crippen LogP contribution is 2.34. The molecule has 0 fully saturated rings. The molecular weight excluding hydrogens is 521 g/mol. The van der Waals surface area contributed by atoms with Crippen LogP contribution < -0.4 is 21.7 Å². The Hall–Kier alpha value is -4.25. The Labute approximate surface area is 219 Å². The number of aromatic nitrogens is 2. The van der Waals surface area contributed by atoms with Crippen molar-refractivity contribution in [3.05, 3.63) is 122 Å². The van der Waals surface area contributed by atoms with Crippen molar-refractivity contribution in [1.29, 1.82) is 0 Å². The molecule has 0 aliphatic rings. The van der Waals surface area contributed by atoms with E-state index in [1.54, 1.807) is 30.3 Å². The Kier molecular flexibility index (Phi) is 7.73. The lowest BCUT2D eigenvalue weighted by atomic mass is 10.0. The van der Waals surface area contributed by atoms with Crippen molar-refractivity contribution in [2.45, 2.75) is 25.7 Å². The third-order valence-electron chi connectivity index (χ3n) is 6.55. The Bertz CT molecular complexity index is 1630. The number of hydrogen-bond acceptors (Lipinski definition) is 4. The molecule has 0 radical (unpaired) electrons. The fourth-order valence-electron chi connectivity index (χ4n) is 4.61. The van der Waals surface area contributed by atoms with E-state index in [1.165, 1.54) is 32.2 Å². The van der Waals surface area contributed by atoms with Crippen LogP contribution in [0.15, 0.2) is 76.3 Å². The standard InChI is InChI=1S/C28H24F5N3O3/c1-16-24(18-10-6-13-23(39-2)25(18)30)26(37)36(22(14-34)17-8-4-3-5-9-17)27(38)35(16)15-19-20(28(31,32)33)11-7-12-21(19)29/h3-13,22H,14-15,34H2,1-2H3/t22-/m0/s1. The molecule has 39 heavy (non-hydrogen) atoms. The van der Waals surface area contributed by atoms with E-state index < -0.39 is 52.8 Å². The van der Waals surface area contributed by atoms with Crippen LogP contribution in [0.25, 0.3) is 11.1 Å². The molecule has 204 valence electrons. The van der Waals surface area contributed by atoms with Crippen LogP contribution >= 0.6 is 0 Å². The highest BCUT2D eigenvalue weighted by molar-refractivity contribution is 5.67. The van der Waals surface area contributed by atoms with Gasteiger partial charge in [-0.25, -0.2) is 13.6 Å². The SMILES string of the molecule is COc1cccc(-c2c(C)n(Cc3c(F)cccc3C(F)(F)F)c(=O)n([C@@H](CN)c3ccccc3)c2=O)c1F. The smallest absolute Gasteiger partial charge is 0.416 e. The number of methoxy groups -OCH3 is 1. The van der Waals surface area contributed by atoms with Gasteiger partial charge in [0, 0.05) is 23.4 Å². The molecule has 11 heteroatoms. The van der Waals surface area contributed by atoms with Crippen molar-refractivity contribution in [3.63, 3.8) is 0 Å². The van der Waals surface area contributed by atoms with Crippen LogP contribution in [0.5, 0.6) is 5.75 Å². The molecule has 4 rings (SSSR count). The predicted octanol–water partition coefficient (Wildman–Crippen LogP) is 4.89. The predicted molar refractivity (Wildman–Crippen MR) is 136 cm³/mol. The third kappa shape index (κ3) is 5.09. The topological polar surface area (TPSA) is 79.2 Å². The summed E-state index contributed by atoms with van der Waals surface area (Å²) in [7, 11) is 1.23. The second-order valence-corrected chi connectivity index (χ2v) is 8.75. The van der Waals surface area contributed by atoms with Gasteiger partial charge in [-0.1, -0.05) is 48.5 Å². The molecule has 4 aromatic rings. The molecule has 0 bridgehead atoms. The first-order valence-corrected chi connectivity index (χ1v) is 11.8. The molecule has 0 unspecified atom stereocenters. The number of rotatable bonds is 7. The van der Waals surface area contributed by atoms with Gasteiger partial charge in [-0.05, 0) is 30.7 Å². The van der Waals surface area contributed by atoms with Crippen LogP contribution in [0.2, 0.25) is 0 Å². The van der Waals surface area contributed by atoms with Gasteiger partial charge in [-0.15, -0.1) is 0 Å². The quantitative estimate of drug-likeness (QED) is 0.336. The number of ether oxygens (including phenoxy) is 1. The maximum atomic E-state index is 15.4. The van der Waals surface area contributed by atoms with E-state index in [1.807, 2.05) is 0 Å². The largest absolute Gasteiger partial charge is 0.494 e. The van der Waals surface area contributed by atoms with Crippen LogP contribution in [-0.4, -0.2) is 22.8 Å². The molecule has 3 aromatic carbocycles. The third-order valence-corrected chi connectivity index (χ3v) is 6.55. The summed E-state index contributed by atoms with van der Waals surface area (Å²) < 4.78 is 78.1. The highest BCUT2D eigenvalue weighted by atomic mass is 19.4. The molecule has 1 atom stereocenters. The second-order valence-electron chi connectivity index (χ2n) is 8.75. The van der Waals surface area contributed by atoms with Gasteiger partial charge in [0.1, 0.15) is 5.82 Å². The van der Waals surface area contributed by atoms with Crippen LogP contribution in [-0.2, 0) is 12.7 Å². The molecule has 0 amide bonds. The Morgan fingerprint density at radius 2 is 1.62 bits per heavy atom. The number of benzene rings is 3. The van der Waals surface area contributed by atoms with Gasteiger partial charge >= 0.3 is 11.9 Å². The number of nitrogens with two attached hydrogens (primary N) is 1. The van der Waals surface area contributed by atoms with E-state index in [4.69, 9.17) is 10.5 Å². The van der Waals surface area contributed by atoms with E-state index in [9.17, 15) is 27.2 Å². The number of alkyl halides is 3. The first kappa shape index (κ1) is 27.8. The summed E-state index contributed by atoms with van der Waals surface area (Å²) in [5, 5.41) is 0. The van der Waals surface area contributed by atoms with Gasteiger partial charge in [-0.3, -0.25) is 13.9 Å². The molecule has 6 nitrogen and oxygen atoms in total. The van der Waals surface area contributed by atoms with Gasteiger partial charge in [-0.2, -0.15) is 13.2 Å². The minimum absolute atomic E-state index is 0.159. The van der Waals surface area contributed by atoms with E-state index >= 15 is 4.39 Å². The zero-order chi connectivity index (χ0) is 28.5. The maximum Gasteiger partial charge on any atom is 0.416 e. The van der Waals surface area contributed by atoms with Crippen LogP contribution in [0, 0.1) is 18.6 Å². The fourth-order valence-corrected chi connectivity index (χ4v) is 4.61. The van der Waals surface area contributed by atoms with E-state index in [0.717, 1.165) is 21.3 Å². The van der Waals surface area contributed by atoms with Gasteiger partial charge in [0.15, 0.2) is 11.6 Å². The monoisotopic (exact) mass is 545 g/mol. The van der Waals surface area contributed by atoms with Crippen molar-refractivity contribution < 1.29 is 26.7 Å². The van der Waals surface area contributed by atoms with Gasteiger partial charge in [0.05, 0.1) is 30.8 Å². The van der Waals surface area contributed by atoms with E-state index in [0.29, 0.717) is 11.6 Å². The van der Waals surface area contributed by atoms with Crippen molar-refractivity contribution in [2.75, 3.05) is 13.7 Å². The number of hydrogen-bond donors (Lipinski definition) is 1. The van der Waals surface area contributed by atoms with Gasteiger partial charge in [0.2, 0.25) is 0 Å². The summed E-state index contributed by atoms with van der Waals surface area (Å²) in [6.07, 6.45) is -4.92. The molecule has 0 aliphatic heterocycles. The van der Waals surface area contributed by atoms with Crippen molar-refractivity contribution in [1.82, 2.24) is 9.13 Å². The summed E-state index contributed by atoms with van der Waals surface area (Å²) in [5.41, 5.74) is 1.72. The second kappa shape index (κ2) is 10.9. The highest BCUT2D eigenvalue weighted by Gasteiger charge is 2.35. The summed E-state index contributed by atoms with van der Waals surface area (Å²) in [6.45, 7) is 0.169. The normalized spacial score (nSPS) is 12.4. The van der Waals surface area contributed by atoms with Gasteiger partial charge in [0.25, 0.3) is 5.56 Å². The van der Waals surface area contributed by atoms with Crippen LogP contribution in [0.1, 0.15) is 28.4 Å². The maximum absolute atomic E-state index is 15.4. The number of halogens is 5. The fraction of sp³-hybridized carbons (Fsp3) is 0.214. The molecule has 0 saturated heterocycles. The molecule has 1 aromatic heterocycles. The zero-order valence-corrected chi connectivity index (χ0v) is 20.9. The van der Waals surface area contributed by atoms with Crippen LogP contribution in [0.4, 0.5) is 22.0 Å². The van der Waals surface area contributed by atoms with Gasteiger partial charge < -0.3 is 10.5 Å². The Balaban J connectivity index is 2.10. The molecule has 0 spiro atoms. The average Bonchev–Trinajstić information content (AvgIpc) is 2.90. The van der Waals surface area contributed by atoms with Crippen molar-refractivity contribution >= 4 is 0 Å². The lowest BCUT2D eigenvalue weighted by molar-refractivity contribution is -0.138. The summed E-state index contributed by atoms with van der Waals surface area (Å²) in [5.74, 6) is -2.30. The molecule has 0 aliphatic carbocycles. The Morgan fingerprint density at radius 1 is 0.949 bits per heavy atom. The zero-order valence-electron chi connectivity index (χ0n) is 20.9. The van der Waals surface area contributed by atoms with E-state index in [-0.39, 0.29) is 29.1 Å². The Morgan fingerprint density at radius 3 is 2.23 bits per heavy atom. The van der Waals surface area contributed by atoms with Crippen LogP contribution in [0.3, 0.4) is 0 Å². The molecule has 1 heterocycles. The summed E-state index contributed by atoms with van der Waals surface area (Å²) >= 11 is 0. The summed E-state index contributed by atoms with van der Waals surface area (Å²) in [4.78, 5) is 27.7. The average molecular weight is 546 g/mol. The minimum atomic E-state index is -4.92. The van der Waals surface area contributed by atoms with Crippen molar-refractivity contribution in [2.24, 2.45) is 5.73 Å². The van der Waals surface area contributed by atoms with E-state index in [2.05, 4.69) is 0 Å². The first-order valence-electron chi connectivity index (χ1n) is 11.8. The molecule has 0 saturated carbocycles. The lowest BCUT2D eigenvalue weighted by Crippen LogP contribution is -2.46. The minimum Gasteiger partial charge on any atom is -0.494 e. The molecule has 2 N–H and O–H groups in total. The van der Waals surface area contributed by atoms with Crippen molar-refractivity contribution in [3.8, 4) is 16.9 Å². The summed E-state index contributed by atoms with van der Waals surface area (Å²) in [6, 6.07) is 13.7. The number of nitrogens with zero attached hydrogens (tertiary/aromatic N) is 2. The first-order chi connectivity index (χ1) is 18.5.